The zero-order valence-electron chi connectivity index (χ0n) is 17.4. The van der Waals surface area contributed by atoms with Crippen molar-refractivity contribution in [3.05, 3.63) is 41.1 Å². The van der Waals surface area contributed by atoms with E-state index in [1.807, 2.05) is 38.1 Å². The summed E-state index contributed by atoms with van der Waals surface area (Å²) in [6.45, 7) is 10.5. The lowest BCUT2D eigenvalue weighted by Crippen LogP contribution is -2.44. The second-order valence-corrected chi connectivity index (χ2v) is 8.23. The minimum atomic E-state index is -0.447. The van der Waals surface area contributed by atoms with Gasteiger partial charge in [-0.3, -0.25) is 9.79 Å². The lowest BCUT2D eigenvalue weighted by atomic mass is 9.63. The fourth-order valence-corrected chi connectivity index (χ4v) is 4.43. The number of hydrogen-bond donors (Lipinski definition) is 0. The number of Topliss-reactive ketones (excluding diaryl/α,β-unsaturated/α-hetero) is 1. The quantitative estimate of drug-likeness (QED) is 0.704. The Morgan fingerprint density at radius 1 is 1.14 bits per heavy atom. The maximum atomic E-state index is 13.2. The van der Waals surface area contributed by atoms with Crippen LogP contribution in [0.5, 0.6) is 5.75 Å². The number of ether oxygens (including phenoxy) is 2. The average Bonchev–Trinajstić information content (AvgIpc) is 2.60. The molecule has 0 aromatic heterocycles. The number of para-hydroxylation sites is 1. The molecule has 1 aliphatic carbocycles. The van der Waals surface area contributed by atoms with Crippen molar-refractivity contribution in [1.29, 1.82) is 0 Å². The van der Waals surface area contributed by atoms with Crippen molar-refractivity contribution in [3.63, 3.8) is 0 Å². The number of hydrogen-bond acceptors (Lipinski definition) is 5. The third-order valence-electron chi connectivity index (χ3n) is 5.41. The number of allylic oxidation sites excluding steroid dienone is 1. The van der Waals surface area contributed by atoms with Crippen LogP contribution in [0.15, 0.2) is 40.5 Å². The largest absolute Gasteiger partial charge is 0.494 e. The van der Waals surface area contributed by atoms with Gasteiger partial charge in [-0.25, -0.2) is 4.79 Å². The van der Waals surface area contributed by atoms with Gasteiger partial charge in [-0.15, -0.1) is 0 Å². The summed E-state index contributed by atoms with van der Waals surface area (Å²) in [6.07, 6.45) is 1.21. The van der Waals surface area contributed by atoms with E-state index in [2.05, 4.69) is 13.8 Å². The maximum Gasteiger partial charge on any atom is 0.336 e. The number of fused-ring (bicyclic) bond motifs is 1. The topological polar surface area (TPSA) is 65.0 Å². The second-order valence-electron chi connectivity index (χ2n) is 8.23. The van der Waals surface area contributed by atoms with Gasteiger partial charge in [0.2, 0.25) is 0 Å². The van der Waals surface area contributed by atoms with Gasteiger partial charge in [0.05, 0.1) is 24.7 Å². The molecule has 0 saturated heterocycles. The van der Waals surface area contributed by atoms with Crippen molar-refractivity contribution in [2.45, 2.75) is 53.4 Å². The first kappa shape index (κ1) is 20.3. The third kappa shape index (κ3) is 3.75. The van der Waals surface area contributed by atoms with E-state index < -0.39 is 17.8 Å². The molecule has 0 spiro atoms. The van der Waals surface area contributed by atoms with E-state index in [0.29, 0.717) is 30.0 Å². The van der Waals surface area contributed by atoms with Gasteiger partial charge < -0.3 is 9.47 Å². The van der Waals surface area contributed by atoms with Crippen LogP contribution in [-0.2, 0) is 14.3 Å². The minimum Gasteiger partial charge on any atom is -0.494 e. The molecule has 1 aromatic rings. The standard InChI is InChI=1S/C23H29NO4/c1-6-27-18-11-9-8-10-15(18)20-19(22(26)28-7-2)14(3)24-16-12-23(4,5)13-17(25)21(16)20/h8-11,20-21H,6-7,12-13H2,1-5H3/t20-,21?/m1/s1. The molecule has 2 atom stereocenters. The normalized spacial score (nSPS) is 23.8. The molecule has 0 radical (unpaired) electrons. The number of ketones is 1. The van der Waals surface area contributed by atoms with E-state index in [1.54, 1.807) is 6.92 Å². The predicted octanol–water partition coefficient (Wildman–Crippen LogP) is 4.47. The van der Waals surface area contributed by atoms with Gasteiger partial charge in [-0.05, 0) is 38.7 Å². The number of aliphatic imine (C=N–C) groups is 1. The number of nitrogens with zero attached hydrogens (tertiary/aromatic N) is 1. The molecule has 3 rings (SSSR count). The summed E-state index contributed by atoms with van der Waals surface area (Å²) in [7, 11) is 0. The molecule has 1 heterocycles. The van der Waals surface area contributed by atoms with Crippen LogP contribution in [-0.4, -0.2) is 30.7 Å². The van der Waals surface area contributed by atoms with E-state index in [1.165, 1.54) is 0 Å². The van der Waals surface area contributed by atoms with Crippen LogP contribution in [0.3, 0.4) is 0 Å². The highest BCUT2D eigenvalue weighted by atomic mass is 16.5. The summed E-state index contributed by atoms with van der Waals surface area (Å²) < 4.78 is 11.2. The molecule has 5 nitrogen and oxygen atoms in total. The van der Waals surface area contributed by atoms with Crippen molar-refractivity contribution in [2.75, 3.05) is 13.2 Å². The van der Waals surface area contributed by atoms with E-state index in [9.17, 15) is 9.59 Å². The summed E-state index contributed by atoms with van der Waals surface area (Å²) in [5, 5.41) is 0. The molecule has 2 aliphatic rings. The Labute approximate surface area is 166 Å². The smallest absolute Gasteiger partial charge is 0.336 e. The minimum absolute atomic E-state index is 0.126. The van der Waals surface area contributed by atoms with Gasteiger partial charge >= 0.3 is 5.97 Å². The predicted molar refractivity (Wildman–Crippen MR) is 109 cm³/mol. The first-order chi connectivity index (χ1) is 13.3. The van der Waals surface area contributed by atoms with Crippen molar-refractivity contribution < 1.29 is 19.1 Å². The molecule has 1 fully saturated rings. The monoisotopic (exact) mass is 383 g/mol. The van der Waals surface area contributed by atoms with Gasteiger partial charge in [0, 0.05) is 29.3 Å². The zero-order valence-corrected chi connectivity index (χ0v) is 17.4. The Morgan fingerprint density at radius 2 is 1.86 bits per heavy atom. The lowest BCUT2D eigenvalue weighted by molar-refractivity contribution is -0.139. The van der Waals surface area contributed by atoms with Crippen molar-refractivity contribution in [2.24, 2.45) is 16.3 Å². The number of benzene rings is 1. The summed E-state index contributed by atoms with van der Waals surface area (Å²) in [5.74, 6) is -0.462. The van der Waals surface area contributed by atoms with E-state index in [4.69, 9.17) is 14.5 Å². The van der Waals surface area contributed by atoms with E-state index >= 15 is 0 Å². The summed E-state index contributed by atoms with van der Waals surface area (Å²) in [4.78, 5) is 30.8. The molecule has 1 aromatic carbocycles. The third-order valence-corrected chi connectivity index (χ3v) is 5.41. The molecule has 150 valence electrons. The molecular formula is C23H29NO4. The summed E-state index contributed by atoms with van der Waals surface area (Å²) in [6, 6.07) is 7.65. The molecule has 0 bridgehead atoms. The van der Waals surface area contributed by atoms with Crippen LogP contribution < -0.4 is 4.74 Å². The first-order valence-corrected chi connectivity index (χ1v) is 9.98. The number of carbonyl (C=O) groups excluding carboxylic acids is 2. The van der Waals surface area contributed by atoms with Crippen LogP contribution in [0.1, 0.15) is 58.9 Å². The lowest BCUT2D eigenvalue weighted by Gasteiger charge is -2.41. The Balaban J connectivity index is 2.20. The molecule has 1 aliphatic heterocycles. The summed E-state index contributed by atoms with van der Waals surface area (Å²) >= 11 is 0. The van der Waals surface area contributed by atoms with E-state index in [0.717, 1.165) is 17.7 Å². The van der Waals surface area contributed by atoms with Crippen LogP contribution in [0, 0.1) is 11.3 Å². The van der Waals surface area contributed by atoms with Crippen LogP contribution >= 0.6 is 0 Å². The molecule has 5 heteroatoms. The Hall–Kier alpha value is -2.43. The van der Waals surface area contributed by atoms with E-state index in [-0.39, 0.29) is 17.8 Å². The second kappa shape index (κ2) is 7.90. The highest BCUT2D eigenvalue weighted by Crippen LogP contribution is 2.48. The van der Waals surface area contributed by atoms with Gasteiger partial charge in [0.25, 0.3) is 0 Å². The molecule has 1 saturated carbocycles. The summed E-state index contributed by atoms with van der Waals surface area (Å²) in [5.41, 5.74) is 2.68. The van der Waals surface area contributed by atoms with Crippen LogP contribution in [0.2, 0.25) is 0 Å². The maximum absolute atomic E-state index is 13.2. The Bertz CT molecular complexity index is 850. The molecular weight excluding hydrogens is 354 g/mol. The number of carbonyl (C=O) groups is 2. The van der Waals surface area contributed by atoms with Gasteiger partial charge in [-0.2, -0.15) is 0 Å². The Kier molecular flexibility index (Phi) is 5.73. The highest BCUT2D eigenvalue weighted by Gasteiger charge is 2.48. The van der Waals surface area contributed by atoms with Crippen molar-refractivity contribution in [1.82, 2.24) is 0 Å². The fraction of sp³-hybridized carbons (Fsp3) is 0.522. The van der Waals surface area contributed by atoms with Crippen molar-refractivity contribution in [3.8, 4) is 5.75 Å². The zero-order chi connectivity index (χ0) is 20.5. The number of rotatable bonds is 5. The highest BCUT2D eigenvalue weighted by molar-refractivity contribution is 6.12. The molecule has 0 amide bonds. The number of esters is 1. The first-order valence-electron chi connectivity index (χ1n) is 9.98. The molecule has 0 N–H and O–H groups in total. The van der Waals surface area contributed by atoms with Gasteiger partial charge in [-0.1, -0.05) is 32.0 Å². The SMILES string of the molecule is CCOC(=O)C1=C(C)N=C2CC(C)(C)CC(=O)C2[C@@H]1c1ccccc1OCC. The van der Waals surface area contributed by atoms with Crippen LogP contribution in [0.4, 0.5) is 0 Å². The average molecular weight is 383 g/mol. The Morgan fingerprint density at radius 3 is 2.54 bits per heavy atom. The van der Waals surface area contributed by atoms with Gasteiger partial charge in [0.15, 0.2) is 0 Å². The fourth-order valence-electron chi connectivity index (χ4n) is 4.43. The van der Waals surface area contributed by atoms with Crippen molar-refractivity contribution >= 4 is 17.5 Å². The van der Waals surface area contributed by atoms with Gasteiger partial charge in [0.1, 0.15) is 11.5 Å². The molecule has 1 unspecified atom stereocenters. The van der Waals surface area contributed by atoms with Crippen LogP contribution in [0.25, 0.3) is 0 Å². The molecule has 28 heavy (non-hydrogen) atoms.